The highest BCUT2D eigenvalue weighted by Crippen LogP contribution is 2.44. The van der Waals surface area contributed by atoms with Crippen LogP contribution in [-0.2, 0) is 11.1 Å². The van der Waals surface area contributed by atoms with Gasteiger partial charge < -0.3 is 20.0 Å². The number of ether oxygens (including phenoxy) is 1. The third kappa shape index (κ3) is 4.95. The molecule has 9 nitrogen and oxygen atoms in total. The fraction of sp³-hybridized carbons (Fsp3) is 0.467. The van der Waals surface area contributed by atoms with Crippen LogP contribution in [0.4, 0.5) is 10.7 Å². The molecule has 3 atom stereocenters. The lowest BCUT2D eigenvalue weighted by atomic mass is 9.60. The lowest BCUT2D eigenvalue weighted by Crippen LogP contribution is -2.55. The fourth-order valence-corrected chi connectivity index (χ4v) is 6.17. The average Bonchev–Trinajstić information content (AvgIpc) is 3.40. The number of hydrogen-bond donors (Lipinski definition) is 2. The maximum absolute atomic E-state index is 13.3. The highest BCUT2D eigenvalue weighted by atomic mass is 16.6. The van der Waals surface area contributed by atoms with Crippen molar-refractivity contribution >= 4 is 35.4 Å². The van der Waals surface area contributed by atoms with Crippen LogP contribution in [0.2, 0.25) is 6.82 Å². The number of fused-ring (bicyclic) bond motifs is 6. The van der Waals surface area contributed by atoms with Crippen LogP contribution < -0.4 is 5.23 Å². The summed E-state index contributed by atoms with van der Waals surface area (Å²) in [5.74, 6) is 1.74. The molecule has 1 aliphatic carbocycles. The Morgan fingerprint density at radius 2 is 1.95 bits per heavy atom. The molecule has 2 aliphatic heterocycles. The zero-order valence-corrected chi connectivity index (χ0v) is 23.7. The third-order valence-corrected chi connectivity index (χ3v) is 8.62. The Hall–Kier alpha value is -3.82. The molecule has 2 aromatic heterocycles. The van der Waals surface area contributed by atoms with Gasteiger partial charge in [-0.1, -0.05) is 55.7 Å². The Balaban J connectivity index is 1.36. The molecule has 2 aromatic carbocycles. The minimum atomic E-state index is -0.506. The first-order valence-corrected chi connectivity index (χ1v) is 14.4. The molecule has 0 spiro atoms. The molecule has 0 radical (unpaired) electrons. The van der Waals surface area contributed by atoms with Gasteiger partial charge in [0.05, 0.1) is 0 Å². The Kier molecular flexibility index (Phi) is 6.80. The molecule has 1 saturated carbocycles. The van der Waals surface area contributed by atoms with Crippen molar-refractivity contribution in [2.24, 2.45) is 5.92 Å². The standard InChI is InChI=1S/C30H37BN6O3/c1-5-30(2,3)40-29(39)36-18-20-14-15-23(36)22(16-20)26-33-27-21-12-9-13-24(38)25(21)32-28(37(27)35-26)34-31(4)17-19-10-7-6-8-11-19/h6-13,20,22-23,38H,5,14-18H2,1-4H3,(H,32,34). The van der Waals surface area contributed by atoms with E-state index in [1.165, 1.54) is 5.56 Å². The molecule has 2 bridgehead atoms. The predicted molar refractivity (Wildman–Crippen MR) is 157 cm³/mol. The highest BCUT2D eigenvalue weighted by Gasteiger charge is 2.46. The Bertz CT molecular complexity index is 1540. The largest absolute Gasteiger partial charge is 0.506 e. The molecule has 2 saturated heterocycles. The minimum Gasteiger partial charge on any atom is -0.506 e. The highest BCUT2D eigenvalue weighted by molar-refractivity contribution is 6.60. The fourth-order valence-electron chi connectivity index (χ4n) is 6.17. The monoisotopic (exact) mass is 540 g/mol. The first-order valence-electron chi connectivity index (χ1n) is 14.4. The van der Waals surface area contributed by atoms with Gasteiger partial charge in [0.1, 0.15) is 16.9 Å². The van der Waals surface area contributed by atoms with Gasteiger partial charge in [-0.3, -0.25) is 0 Å². The smallest absolute Gasteiger partial charge is 0.410 e. The molecule has 10 heteroatoms. The Labute approximate surface area is 235 Å². The molecule has 208 valence electrons. The molecule has 3 aliphatic rings. The molecule has 3 fully saturated rings. The van der Waals surface area contributed by atoms with E-state index in [1.54, 1.807) is 16.6 Å². The second kappa shape index (κ2) is 10.3. The van der Waals surface area contributed by atoms with E-state index >= 15 is 0 Å². The summed E-state index contributed by atoms with van der Waals surface area (Å²) >= 11 is 0. The normalized spacial score (nSPS) is 20.7. The molecule has 2 N–H and O–H groups in total. The van der Waals surface area contributed by atoms with Crippen molar-refractivity contribution in [2.45, 2.75) is 77.2 Å². The summed E-state index contributed by atoms with van der Waals surface area (Å²) in [5.41, 5.74) is 1.85. The summed E-state index contributed by atoms with van der Waals surface area (Å²) in [6, 6.07) is 15.7. The van der Waals surface area contributed by atoms with Crippen LogP contribution in [0.5, 0.6) is 5.75 Å². The van der Waals surface area contributed by atoms with Gasteiger partial charge in [-0.15, -0.1) is 5.10 Å². The number of carbonyl (C=O) groups is 1. The summed E-state index contributed by atoms with van der Waals surface area (Å²) in [6.07, 6.45) is 4.25. The molecule has 40 heavy (non-hydrogen) atoms. The van der Waals surface area contributed by atoms with Crippen molar-refractivity contribution in [1.82, 2.24) is 24.5 Å². The van der Waals surface area contributed by atoms with Crippen LogP contribution in [0.1, 0.15) is 63.8 Å². The maximum Gasteiger partial charge on any atom is 0.410 e. The van der Waals surface area contributed by atoms with Crippen LogP contribution >= 0.6 is 0 Å². The van der Waals surface area contributed by atoms with Gasteiger partial charge in [-0.2, -0.15) is 4.52 Å². The predicted octanol–water partition coefficient (Wildman–Crippen LogP) is 5.69. The second-order valence-corrected chi connectivity index (χ2v) is 12.0. The number of piperidine rings is 2. The van der Waals surface area contributed by atoms with E-state index in [2.05, 4.69) is 24.2 Å². The van der Waals surface area contributed by atoms with E-state index in [0.29, 0.717) is 28.9 Å². The van der Waals surface area contributed by atoms with Crippen molar-refractivity contribution in [3.05, 3.63) is 59.9 Å². The van der Waals surface area contributed by atoms with Crippen LogP contribution in [0.25, 0.3) is 16.6 Å². The number of para-hydroxylation sites is 1. The van der Waals surface area contributed by atoms with Crippen LogP contribution in [0.3, 0.4) is 0 Å². The minimum absolute atomic E-state index is 0.00615. The number of phenolic OH excluding ortho intramolecular Hbond substituents is 1. The molecular formula is C30H37BN6O3. The van der Waals surface area contributed by atoms with E-state index in [4.69, 9.17) is 19.8 Å². The number of hydrogen-bond acceptors (Lipinski definition) is 7. The van der Waals surface area contributed by atoms with Crippen molar-refractivity contribution in [3.8, 4) is 5.75 Å². The Morgan fingerprint density at radius 1 is 1.15 bits per heavy atom. The summed E-state index contributed by atoms with van der Waals surface area (Å²) in [6.45, 7) is 8.82. The number of benzene rings is 2. The lowest BCUT2D eigenvalue weighted by molar-refractivity contribution is -0.0277. The summed E-state index contributed by atoms with van der Waals surface area (Å²) in [7, 11) is 0. The average molecular weight is 540 g/mol. The first-order chi connectivity index (χ1) is 19.2. The molecule has 4 heterocycles. The molecule has 1 amide bonds. The van der Waals surface area contributed by atoms with Gasteiger partial charge in [-0.05, 0) is 63.9 Å². The quantitative estimate of drug-likeness (QED) is 0.290. The number of rotatable bonds is 7. The van der Waals surface area contributed by atoms with Crippen molar-refractivity contribution in [2.75, 3.05) is 11.8 Å². The Morgan fingerprint density at radius 3 is 2.70 bits per heavy atom. The number of anilines is 1. The van der Waals surface area contributed by atoms with Gasteiger partial charge in [0.25, 0.3) is 6.85 Å². The number of aromatic nitrogens is 4. The molecular weight excluding hydrogens is 503 g/mol. The SMILES string of the molecule is CCC(C)(C)OC(=O)N1CC2CCC1C(c1nc3c4cccc(O)c4nc(NB(C)Cc4ccccc4)n3n1)C2. The van der Waals surface area contributed by atoms with E-state index in [0.717, 1.165) is 43.9 Å². The zero-order valence-electron chi connectivity index (χ0n) is 23.7. The summed E-state index contributed by atoms with van der Waals surface area (Å²) < 4.78 is 7.67. The number of amides is 1. The summed E-state index contributed by atoms with van der Waals surface area (Å²) in [5, 5.41) is 19.9. The topological polar surface area (TPSA) is 105 Å². The zero-order chi connectivity index (χ0) is 28.0. The van der Waals surface area contributed by atoms with Crippen LogP contribution in [-0.4, -0.2) is 60.7 Å². The third-order valence-electron chi connectivity index (χ3n) is 8.62. The number of nitrogens with zero attached hydrogens (tertiary/aromatic N) is 5. The maximum atomic E-state index is 13.3. The molecule has 4 aromatic rings. The van der Waals surface area contributed by atoms with Gasteiger partial charge >= 0.3 is 6.09 Å². The van der Waals surface area contributed by atoms with Crippen molar-refractivity contribution in [3.63, 3.8) is 0 Å². The van der Waals surface area contributed by atoms with Crippen LogP contribution in [0.15, 0.2) is 48.5 Å². The van der Waals surface area contributed by atoms with Gasteiger partial charge in [-0.25, -0.2) is 14.8 Å². The molecule has 7 rings (SSSR count). The second-order valence-electron chi connectivity index (χ2n) is 12.0. The van der Waals surface area contributed by atoms with Crippen LogP contribution in [0, 0.1) is 5.92 Å². The van der Waals surface area contributed by atoms with Gasteiger partial charge in [0, 0.05) is 23.9 Å². The number of phenols is 1. The van der Waals surface area contributed by atoms with E-state index in [9.17, 15) is 9.90 Å². The summed E-state index contributed by atoms with van der Waals surface area (Å²) in [4.78, 5) is 25.0. The van der Waals surface area contributed by atoms with E-state index in [-0.39, 0.29) is 30.7 Å². The van der Waals surface area contributed by atoms with E-state index in [1.807, 2.05) is 49.9 Å². The van der Waals surface area contributed by atoms with E-state index < -0.39 is 5.60 Å². The van der Waals surface area contributed by atoms with Crippen molar-refractivity contribution < 1.29 is 14.6 Å². The number of nitrogens with one attached hydrogen (secondary N) is 1. The lowest BCUT2D eigenvalue weighted by Gasteiger charge is -2.49. The van der Waals surface area contributed by atoms with Gasteiger partial charge in [0.15, 0.2) is 11.5 Å². The first kappa shape index (κ1) is 26.4. The number of aromatic hydroxyl groups is 1. The molecule has 3 unspecified atom stereocenters. The van der Waals surface area contributed by atoms with Crippen molar-refractivity contribution in [1.29, 1.82) is 0 Å². The number of carbonyl (C=O) groups excluding carboxylic acids is 1. The van der Waals surface area contributed by atoms with Gasteiger partial charge in [0.2, 0.25) is 5.95 Å².